The van der Waals surface area contributed by atoms with Gasteiger partial charge in [-0.05, 0) is 25.5 Å². The van der Waals surface area contributed by atoms with Gasteiger partial charge >= 0.3 is 0 Å². The molecule has 0 aromatic carbocycles. The number of anilines is 1. The Morgan fingerprint density at radius 3 is 2.58 bits per heavy atom. The third-order valence-electron chi connectivity index (χ3n) is 2.23. The van der Waals surface area contributed by atoms with Gasteiger partial charge in [0.15, 0.2) is 5.69 Å². The van der Waals surface area contributed by atoms with Crippen LogP contribution < -0.4 is 10.6 Å². The molecule has 7 nitrogen and oxygen atoms in total. The third kappa shape index (κ3) is 6.14. The molecule has 19 heavy (non-hydrogen) atoms. The van der Waals surface area contributed by atoms with Gasteiger partial charge in [-0.1, -0.05) is 0 Å². The summed E-state index contributed by atoms with van der Waals surface area (Å²) in [6.07, 6.45) is 1.70. The summed E-state index contributed by atoms with van der Waals surface area (Å²) in [7, 11) is -2.93. The van der Waals surface area contributed by atoms with Crippen LogP contribution >= 0.6 is 0 Å². The molecule has 1 heterocycles. The molecule has 0 saturated carbocycles. The molecular formula is C11H18N4O3S. The number of nitrogens with zero attached hydrogens (tertiary/aromatic N) is 2. The SMILES string of the molecule is CCNC(=O)c1ccc(NCCCS(C)(=O)=O)nn1. The number of hydrogen-bond acceptors (Lipinski definition) is 6. The lowest BCUT2D eigenvalue weighted by Crippen LogP contribution is -2.24. The lowest BCUT2D eigenvalue weighted by molar-refractivity contribution is 0.0950. The Morgan fingerprint density at radius 1 is 1.32 bits per heavy atom. The smallest absolute Gasteiger partial charge is 0.271 e. The van der Waals surface area contributed by atoms with Crippen molar-refractivity contribution in [2.45, 2.75) is 13.3 Å². The van der Waals surface area contributed by atoms with E-state index < -0.39 is 9.84 Å². The van der Waals surface area contributed by atoms with E-state index in [0.717, 1.165) is 0 Å². The normalized spacial score (nSPS) is 11.1. The number of carbonyl (C=O) groups excluding carboxylic acids is 1. The van der Waals surface area contributed by atoms with Crippen molar-refractivity contribution in [2.24, 2.45) is 0 Å². The molecule has 0 aliphatic rings. The molecule has 0 saturated heterocycles. The van der Waals surface area contributed by atoms with Crippen LogP contribution in [0.5, 0.6) is 0 Å². The Labute approximate surface area is 112 Å². The van der Waals surface area contributed by atoms with Crippen LogP contribution in [-0.4, -0.2) is 49.6 Å². The first-order chi connectivity index (χ1) is 8.92. The predicted octanol–water partition coefficient (Wildman–Crippen LogP) is 0.0729. The molecule has 8 heteroatoms. The third-order valence-corrected chi connectivity index (χ3v) is 3.26. The van der Waals surface area contributed by atoms with Crippen LogP contribution in [0.1, 0.15) is 23.8 Å². The molecule has 0 atom stereocenters. The van der Waals surface area contributed by atoms with E-state index in [4.69, 9.17) is 0 Å². The molecule has 2 N–H and O–H groups in total. The second-order valence-corrected chi connectivity index (χ2v) is 6.33. The second kappa shape index (κ2) is 7.03. The van der Waals surface area contributed by atoms with Crippen LogP contribution in [0.2, 0.25) is 0 Å². The summed E-state index contributed by atoms with van der Waals surface area (Å²) >= 11 is 0. The van der Waals surface area contributed by atoms with Crippen LogP contribution in [0.4, 0.5) is 5.82 Å². The van der Waals surface area contributed by atoms with Crippen molar-refractivity contribution in [3.63, 3.8) is 0 Å². The van der Waals surface area contributed by atoms with E-state index in [1.165, 1.54) is 6.26 Å². The zero-order chi connectivity index (χ0) is 14.3. The first kappa shape index (κ1) is 15.4. The molecule has 0 unspecified atom stereocenters. The van der Waals surface area contributed by atoms with Gasteiger partial charge in [-0.3, -0.25) is 4.79 Å². The van der Waals surface area contributed by atoms with E-state index in [0.29, 0.717) is 25.3 Å². The summed E-state index contributed by atoms with van der Waals surface area (Å²) in [4.78, 5) is 11.4. The maximum absolute atomic E-state index is 11.4. The van der Waals surface area contributed by atoms with Gasteiger partial charge in [0, 0.05) is 19.3 Å². The van der Waals surface area contributed by atoms with E-state index in [9.17, 15) is 13.2 Å². The lowest BCUT2D eigenvalue weighted by Gasteiger charge is -2.05. The highest BCUT2D eigenvalue weighted by molar-refractivity contribution is 7.90. The highest BCUT2D eigenvalue weighted by Gasteiger charge is 2.06. The number of amides is 1. The van der Waals surface area contributed by atoms with Gasteiger partial charge in [-0.2, -0.15) is 0 Å². The van der Waals surface area contributed by atoms with Crippen molar-refractivity contribution in [2.75, 3.05) is 30.4 Å². The van der Waals surface area contributed by atoms with Crippen molar-refractivity contribution >= 4 is 21.6 Å². The Morgan fingerprint density at radius 2 is 2.05 bits per heavy atom. The predicted molar refractivity (Wildman–Crippen MR) is 72.9 cm³/mol. The zero-order valence-electron chi connectivity index (χ0n) is 11.0. The minimum Gasteiger partial charge on any atom is -0.369 e. The van der Waals surface area contributed by atoms with E-state index in [1.807, 2.05) is 6.92 Å². The number of carbonyl (C=O) groups is 1. The van der Waals surface area contributed by atoms with Gasteiger partial charge in [0.1, 0.15) is 15.7 Å². The minimum absolute atomic E-state index is 0.129. The first-order valence-electron chi connectivity index (χ1n) is 5.96. The van der Waals surface area contributed by atoms with Crippen molar-refractivity contribution in [1.82, 2.24) is 15.5 Å². The van der Waals surface area contributed by atoms with Gasteiger partial charge in [0.25, 0.3) is 5.91 Å². The molecule has 0 fully saturated rings. The van der Waals surface area contributed by atoms with E-state index in [-0.39, 0.29) is 17.4 Å². The van der Waals surface area contributed by atoms with Gasteiger partial charge in [0.2, 0.25) is 0 Å². The number of rotatable bonds is 7. The Bertz CT molecular complexity index is 513. The number of hydrogen-bond donors (Lipinski definition) is 2. The van der Waals surface area contributed by atoms with E-state index >= 15 is 0 Å². The molecule has 1 amide bonds. The van der Waals surface area contributed by atoms with Crippen LogP contribution in [0.25, 0.3) is 0 Å². The maximum Gasteiger partial charge on any atom is 0.271 e. The highest BCUT2D eigenvalue weighted by Crippen LogP contribution is 2.02. The average Bonchev–Trinajstić information content (AvgIpc) is 2.34. The minimum atomic E-state index is -2.93. The van der Waals surface area contributed by atoms with Gasteiger partial charge < -0.3 is 10.6 Å². The molecule has 1 aromatic rings. The van der Waals surface area contributed by atoms with Crippen molar-refractivity contribution < 1.29 is 13.2 Å². The van der Waals surface area contributed by atoms with Crippen LogP contribution in [0.15, 0.2) is 12.1 Å². The molecule has 106 valence electrons. The van der Waals surface area contributed by atoms with Crippen LogP contribution in [-0.2, 0) is 9.84 Å². The summed E-state index contributed by atoms with van der Waals surface area (Å²) in [6.45, 7) is 2.84. The summed E-state index contributed by atoms with van der Waals surface area (Å²) in [6, 6.07) is 3.20. The first-order valence-corrected chi connectivity index (χ1v) is 8.02. The van der Waals surface area contributed by atoms with Crippen molar-refractivity contribution in [3.05, 3.63) is 17.8 Å². The van der Waals surface area contributed by atoms with Gasteiger partial charge in [-0.15, -0.1) is 10.2 Å². The molecule has 0 bridgehead atoms. The highest BCUT2D eigenvalue weighted by atomic mass is 32.2. The Hall–Kier alpha value is -1.70. The van der Waals surface area contributed by atoms with Gasteiger partial charge in [-0.25, -0.2) is 8.42 Å². The second-order valence-electron chi connectivity index (χ2n) is 4.07. The lowest BCUT2D eigenvalue weighted by atomic mass is 10.3. The summed E-state index contributed by atoms with van der Waals surface area (Å²) in [5.74, 6) is 0.380. The largest absolute Gasteiger partial charge is 0.369 e. The molecule has 0 spiro atoms. The summed E-state index contributed by atoms with van der Waals surface area (Å²) < 4.78 is 21.8. The number of sulfone groups is 1. The monoisotopic (exact) mass is 286 g/mol. The number of aromatic nitrogens is 2. The summed E-state index contributed by atoms with van der Waals surface area (Å²) in [5, 5.41) is 13.2. The quantitative estimate of drug-likeness (QED) is 0.688. The van der Waals surface area contributed by atoms with Gasteiger partial charge in [0.05, 0.1) is 5.75 Å². The molecule has 0 aliphatic heterocycles. The Balaban J connectivity index is 2.42. The van der Waals surface area contributed by atoms with E-state index in [1.54, 1.807) is 12.1 Å². The topological polar surface area (TPSA) is 101 Å². The Kier molecular flexibility index (Phi) is 5.68. The molecule has 1 aromatic heterocycles. The van der Waals surface area contributed by atoms with Crippen LogP contribution in [0, 0.1) is 0 Å². The fourth-order valence-corrected chi connectivity index (χ4v) is 2.02. The van der Waals surface area contributed by atoms with Crippen molar-refractivity contribution in [3.8, 4) is 0 Å². The fourth-order valence-electron chi connectivity index (χ4n) is 1.35. The summed E-state index contributed by atoms with van der Waals surface area (Å²) in [5.41, 5.74) is 0.253. The standard InChI is InChI=1S/C11H18N4O3S/c1-3-12-11(16)9-5-6-10(15-14-9)13-7-4-8-19(2,17)18/h5-6H,3-4,7-8H2,1-2H3,(H,12,16)(H,13,15). The van der Waals surface area contributed by atoms with Crippen molar-refractivity contribution in [1.29, 1.82) is 0 Å². The van der Waals surface area contributed by atoms with E-state index in [2.05, 4.69) is 20.8 Å². The molecule has 0 radical (unpaired) electrons. The molecule has 0 aliphatic carbocycles. The maximum atomic E-state index is 11.4. The molecule has 1 rings (SSSR count). The fraction of sp³-hybridized carbons (Fsp3) is 0.545. The molecular weight excluding hydrogens is 268 g/mol. The zero-order valence-corrected chi connectivity index (χ0v) is 11.8. The number of nitrogens with one attached hydrogen (secondary N) is 2. The van der Waals surface area contributed by atoms with Crippen LogP contribution in [0.3, 0.4) is 0 Å². The average molecular weight is 286 g/mol.